The molecule has 1 radical (unpaired) electrons. The van der Waals surface area contributed by atoms with Gasteiger partial charge in [-0.1, -0.05) is 9.58 Å². The Morgan fingerprint density at radius 1 is 1.88 bits per heavy atom. The first-order valence-electron chi connectivity index (χ1n) is 1.83. The summed E-state index contributed by atoms with van der Waals surface area (Å²) in [6, 6.07) is 0. The van der Waals surface area contributed by atoms with Crippen LogP contribution in [0.4, 0.5) is 8.87 Å². The van der Waals surface area contributed by atoms with Gasteiger partial charge < -0.3 is 0 Å². The molecule has 5 heteroatoms. The zero-order valence-corrected chi connectivity index (χ0v) is 3.73. The molecule has 0 aromatic heterocycles. The minimum atomic E-state index is -0.911. The maximum Gasteiger partial charge on any atom is 0.237 e. The molecule has 0 aromatic rings. The van der Waals surface area contributed by atoms with Crippen molar-refractivity contribution >= 4 is 5.97 Å². The largest absolute Gasteiger partial charge is 0.251 e. The molecule has 1 heterocycles. The predicted molar refractivity (Wildman–Crippen MR) is 22.4 cm³/mol. The topological polar surface area (TPSA) is 27.6 Å². The lowest BCUT2D eigenvalue weighted by molar-refractivity contribution is -0.0185. The van der Waals surface area contributed by atoms with E-state index < -0.39 is 5.97 Å². The van der Waals surface area contributed by atoms with Crippen molar-refractivity contribution in [3.63, 3.8) is 0 Å². The minimum Gasteiger partial charge on any atom is -0.251 e. The van der Waals surface area contributed by atoms with E-state index in [0.29, 0.717) is 0 Å². The Morgan fingerprint density at radius 3 is 3.00 bits per heavy atom. The molecule has 8 heavy (non-hydrogen) atoms. The molecule has 0 atom stereocenters. The monoisotopic (exact) mass is 118 g/mol. The zero-order chi connectivity index (χ0) is 5.98. The van der Waals surface area contributed by atoms with Gasteiger partial charge in [0.1, 0.15) is 0 Å². The fraction of sp³-hybridized carbons (Fsp3) is 0. The van der Waals surface area contributed by atoms with Gasteiger partial charge in [-0.25, -0.2) is 0 Å². The van der Waals surface area contributed by atoms with Crippen LogP contribution in [0, 0.1) is 6.20 Å². The molecule has 0 aliphatic carbocycles. The highest BCUT2D eigenvalue weighted by molar-refractivity contribution is 5.85. The van der Waals surface area contributed by atoms with E-state index in [1.54, 1.807) is 0 Å². The fourth-order valence-corrected chi connectivity index (χ4v) is 0.283. The lowest BCUT2D eigenvalue weighted by atomic mass is 10.6. The van der Waals surface area contributed by atoms with Crippen LogP contribution in [-0.2, 0) is 0 Å². The smallest absolute Gasteiger partial charge is 0.237 e. The van der Waals surface area contributed by atoms with E-state index in [4.69, 9.17) is 0 Å². The average molecular weight is 118 g/mol. The van der Waals surface area contributed by atoms with E-state index in [-0.39, 0.29) is 5.34 Å². The van der Waals surface area contributed by atoms with Gasteiger partial charge in [-0.15, -0.1) is 0 Å². The molecule has 0 aromatic carbocycles. The van der Waals surface area contributed by atoms with E-state index in [0.717, 1.165) is 6.08 Å². The molecule has 0 saturated heterocycles. The van der Waals surface area contributed by atoms with Gasteiger partial charge >= 0.3 is 0 Å². The van der Waals surface area contributed by atoms with E-state index >= 15 is 0 Å². The highest BCUT2D eigenvalue weighted by atomic mass is 19.2. The molecule has 3 nitrogen and oxygen atoms in total. The molecule has 1 aliphatic rings. The molecule has 1 aliphatic heterocycles. The van der Waals surface area contributed by atoms with Gasteiger partial charge in [0, 0.05) is 6.08 Å². The molecular weight excluding hydrogens is 116 g/mol. The van der Waals surface area contributed by atoms with Crippen molar-refractivity contribution in [3.8, 4) is 0 Å². The summed E-state index contributed by atoms with van der Waals surface area (Å²) in [5, 5.41) is 2.40. The molecule has 0 amide bonds. The van der Waals surface area contributed by atoms with Gasteiger partial charge in [0.25, 0.3) is 0 Å². The SMILES string of the molecule is FC1=NN(F)N[C]=C1. The second kappa shape index (κ2) is 1.77. The fourth-order valence-electron chi connectivity index (χ4n) is 0.283. The second-order valence-electron chi connectivity index (χ2n) is 1.08. The third-order valence-corrected chi connectivity index (χ3v) is 0.531. The van der Waals surface area contributed by atoms with Crippen LogP contribution in [0.5, 0.6) is 0 Å². The predicted octanol–water partition coefficient (Wildman–Crippen LogP) is 0.291. The van der Waals surface area contributed by atoms with E-state index in [1.165, 1.54) is 0 Å². The molecule has 43 valence electrons. The molecule has 1 rings (SSSR count). The summed E-state index contributed by atoms with van der Waals surface area (Å²) in [6.45, 7) is 0. The lowest BCUT2D eigenvalue weighted by Gasteiger charge is -2.06. The van der Waals surface area contributed by atoms with E-state index in [1.807, 2.05) is 5.43 Å². The van der Waals surface area contributed by atoms with Crippen LogP contribution in [0.25, 0.3) is 0 Å². The highest BCUT2D eigenvalue weighted by Gasteiger charge is 2.01. The van der Waals surface area contributed by atoms with Crippen molar-refractivity contribution in [1.29, 1.82) is 0 Å². The normalized spacial score (nSPS) is 17.8. The first kappa shape index (κ1) is 5.02. The maximum atomic E-state index is 11.7. The summed E-state index contributed by atoms with van der Waals surface area (Å²) in [4.78, 5) is 0. The van der Waals surface area contributed by atoms with E-state index in [2.05, 4.69) is 11.3 Å². The molecule has 0 saturated carbocycles. The molecule has 0 unspecified atom stereocenters. The van der Waals surface area contributed by atoms with E-state index in [9.17, 15) is 8.87 Å². The number of hydrazine groups is 1. The first-order chi connectivity index (χ1) is 3.79. The Labute approximate surface area is 44.2 Å². The number of hydrazone groups is 1. The van der Waals surface area contributed by atoms with Crippen molar-refractivity contribution in [2.75, 3.05) is 0 Å². The Morgan fingerprint density at radius 2 is 2.62 bits per heavy atom. The van der Waals surface area contributed by atoms with Gasteiger partial charge in [0.15, 0.2) is 0 Å². The standard InChI is InChI=1S/C3H2F2N3/c4-3-1-2-6-8(5)7-3/h1,6H. The van der Waals surface area contributed by atoms with Crippen LogP contribution >= 0.6 is 0 Å². The zero-order valence-electron chi connectivity index (χ0n) is 3.73. The number of hydrogen-bond acceptors (Lipinski definition) is 3. The summed E-state index contributed by atoms with van der Waals surface area (Å²) >= 11 is 0. The Balaban J connectivity index is 2.63. The van der Waals surface area contributed by atoms with Crippen LogP contribution in [0.3, 0.4) is 0 Å². The van der Waals surface area contributed by atoms with Crippen LogP contribution in [-0.4, -0.2) is 11.3 Å². The van der Waals surface area contributed by atoms with Gasteiger partial charge in [0.2, 0.25) is 5.97 Å². The van der Waals surface area contributed by atoms with Crippen molar-refractivity contribution in [3.05, 3.63) is 12.3 Å². The van der Waals surface area contributed by atoms with Crippen LogP contribution in [0.15, 0.2) is 11.2 Å². The number of rotatable bonds is 0. The summed E-state index contributed by atoms with van der Waals surface area (Å²) in [6.07, 6.45) is 2.94. The second-order valence-corrected chi connectivity index (χ2v) is 1.08. The van der Waals surface area contributed by atoms with Crippen LogP contribution in [0.1, 0.15) is 0 Å². The quantitative estimate of drug-likeness (QED) is 0.463. The lowest BCUT2D eigenvalue weighted by Crippen LogP contribution is -2.24. The van der Waals surface area contributed by atoms with Gasteiger partial charge in [-0.05, 0) is 5.34 Å². The minimum absolute atomic E-state index is 0.269. The van der Waals surface area contributed by atoms with Crippen LogP contribution in [0.2, 0.25) is 0 Å². The summed E-state index contributed by atoms with van der Waals surface area (Å²) in [5.74, 6) is -0.911. The average Bonchev–Trinajstić information content (AvgIpc) is 1.64. The van der Waals surface area contributed by atoms with Gasteiger partial charge in [-0.3, -0.25) is 5.43 Å². The Kier molecular flexibility index (Phi) is 1.11. The number of hydrogen-bond donors (Lipinski definition) is 1. The van der Waals surface area contributed by atoms with Crippen LogP contribution < -0.4 is 5.43 Å². The van der Waals surface area contributed by atoms with Gasteiger partial charge in [-0.2, -0.15) is 4.39 Å². The van der Waals surface area contributed by atoms with Crippen molar-refractivity contribution < 1.29 is 8.87 Å². The van der Waals surface area contributed by atoms with Gasteiger partial charge in [0.05, 0.1) is 6.20 Å². The number of nitrogens with zero attached hydrogens (tertiary/aromatic N) is 2. The molecule has 0 spiro atoms. The van der Waals surface area contributed by atoms with Crippen molar-refractivity contribution in [2.24, 2.45) is 5.10 Å². The summed E-state index contributed by atoms with van der Waals surface area (Å²) in [5.41, 5.74) is 1.85. The number of halogens is 2. The first-order valence-corrected chi connectivity index (χ1v) is 1.83. The molecule has 1 N–H and O–H groups in total. The Hall–Kier alpha value is -1.13. The number of allylic oxidation sites excluding steroid dienone is 1. The molecule has 0 fully saturated rings. The Bertz CT molecular complexity index is 141. The third-order valence-electron chi connectivity index (χ3n) is 0.531. The summed E-state index contributed by atoms with van der Waals surface area (Å²) in [7, 11) is 0. The summed E-state index contributed by atoms with van der Waals surface area (Å²) < 4.78 is 23.4. The van der Waals surface area contributed by atoms with Crippen molar-refractivity contribution in [1.82, 2.24) is 10.8 Å². The molecule has 0 bridgehead atoms. The third kappa shape index (κ3) is 0.927. The number of nitrogens with one attached hydrogen (secondary N) is 1. The maximum absolute atomic E-state index is 11.7. The molecular formula is C3H2F2N3. The highest BCUT2D eigenvalue weighted by Crippen LogP contribution is 1.93. The van der Waals surface area contributed by atoms with Crippen molar-refractivity contribution in [2.45, 2.75) is 0 Å².